The van der Waals surface area contributed by atoms with E-state index in [-0.39, 0.29) is 34.8 Å². The summed E-state index contributed by atoms with van der Waals surface area (Å²) in [6, 6.07) is 4.52. The van der Waals surface area contributed by atoms with Crippen molar-refractivity contribution in [3.8, 4) is 0 Å². The summed E-state index contributed by atoms with van der Waals surface area (Å²) in [4.78, 5) is 11.9. The first-order valence-electron chi connectivity index (χ1n) is 7.72. The lowest BCUT2D eigenvalue weighted by atomic mass is 9.93. The number of aryl methyl sites for hydroxylation is 1. The number of halogens is 1. The van der Waals surface area contributed by atoms with Gasteiger partial charge in [0.15, 0.2) is 0 Å². The molecule has 1 aromatic rings. The van der Waals surface area contributed by atoms with Crippen LogP contribution in [0.3, 0.4) is 0 Å². The molecular formula is C16H25ClN2O4S. The molecule has 2 N–H and O–H groups in total. The molecule has 24 heavy (non-hydrogen) atoms. The Kier molecular flexibility index (Phi) is 7.22. The first kappa shape index (κ1) is 20.9. The fourth-order valence-electron chi connectivity index (χ4n) is 2.86. The number of piperidine rings is 1. The minimum absolute atomic E-state index is 0. The minimum atomic E-state index is -3.64. The van der Waals surface area contributed by atoms with Gasteiger partial charge in [0.05, 0.1) is 17.6 Å². The molecule has 0 aliphatic carbocycles. The van der Waals surface area contributed by atoms with E-state index in [2.05, 4.69) is 0 Å². The molecule has 0 bridgehead atoms. The van der Waals surface area contributed by atoms with E-state index in [0.717, 1.165) is 12.8 Å². The van der Waals surface area contributed by atoms with Gasteiger partial charge in [-0.2, -0.15) is 4.31 Å². The Morgan fingerprint density at radius 1 is 1.42 bits per heavy atom. The molecule has 1 aliphatic heterocycles. The molecule has 0 amide bonds. The third kappa shape index (κ3) is 4.27. The fourth-order valence-corrected chi connectivity index (χ4v) is 4.42. The summed E-state index contributed by atoms with van der Waals surface area (Å²) in [7, 11) is -2.36. The number of rotatable bonds is 4. The molecule has 1 heterocycles. The smallest absolute Gasteiger partial charge is 0.338 e. The molecule has 1 saturated heterocycles. The highest BCUT2D eigenvalue weighted by molar-refractivity contribution is 7.89. The molecule has 2 rings (SSSR count). The van der Waals surface area contributed by atoms with Gasteiger partial charge in [-0.25, -0.2) is 13.2 Å². The van der Waals surface area contributed by atoms with Gasteiger partial charge in [-0.3, -0.25) is 0 Å². The molecule has 1 aliphatic rings. The Balaban J connectivity index is 0.00000288. The van der Waals surface area contributed by atoms with Crippen molar-refractivity contribution < 1.29 is 17.9 Å². The van der Waals surface area contributed by atoms with Crippen LogP contribution in [0.25, 0.3) is 0 Å². The molecule has 2 atom stereocenters. The van der Waals surface area contributed by atoms with Crippen molar-refractivity contribution in [1.82, 2.24) is 4.31 Å². The number of nitrogens with zero attached hydrogens (tertiary/aromatic N) is 1. The zero-order valence-electron chi connectivity index (χ0n) is 14.2. The molecule has 6 nitrogen and oxygen atoms in total. The van der Waals surface area contributed by atoms with Crippen LogP contribution < -0.4 is 5.73 Å². The van der Waals surface area contributed by atoms with Crippen LogP contribution in [0.5, 0.6) is 0 Å². The molecule has 1 fully saturated rings. The number of nitrogens with two attached hydrogens (primary N) is 1. The largest absolute Gasteiger partial charge is 0.465 e. The second-order valence-electron chi connectivity index (χ2n) is 6.09. The summed E-state index contributed by atoms with van der Waals surface area (Å²) in [6.07, 6.45) is 1.73. The van der Waals surface area contributed by atoms with E-state index in [9.17, 15) is 13.2 Å². The highest BCUT2D eigenvalue weighted by Gasteiger charge is 2.32. The molecule has 136 valence electrons. The molecule has 8 heteroatoms. The number of ether oxygens (including phenoxy) is 1. The van der Waals surface area contributed by atoms with Gasteiger partial charge in [-0.05, 0) is 50.3 Å². The number of hydrogen-bond donors (Lipinski definition) is 1. The van der Waals surface area contributed by atoms with Gasteiger partial charge >= 0.3 is 5.97 Å². The van der Waals surface area contributed by atoms with E-state index in [1.165, 1.54) is 23.5 Å². The van der Waals surface area contributed by atoms with Crippen LogP contribution in [0, 0.1) is 12.8 Å². The maximum Gasteiger partial charge on any atom is 0.338 e. The summed E-state index contributed by atoms with van der Waals surface area (Å²) < 4.78 is 31.9. The lowest BCUT2D eigenvalue weighted by molar-refractivity contribution is 0.0599. The predicted octanol–water partition coefficient (Wildman–Crippen LogP) is 1.95. The Labute approximate surface area is 149 Å². The first-order valence-corrected chi connectivity index (χ1v) is 9.16. The Morgan fingerprint density at radius 3 is 2.67 bits per heavy atom. The quantitative estimate of drug-likeness (QED) is 0.811. The van der Waals surface area contributed by atoms with Crippen LogP contribution in [-0.2, 0) is 14.8 Å². The molecule has 0 saturated carbocycles. The molecular weight excluding hydrogens is 352 g/mol. The molecule has 0 radical (unpaired) electrons. The number of methoxy groups -OCH3 is 1. The summed E-state index contributed by atoms with van der Waals surface area (Å²) in [5, 5.41) is 0. The zero-order chi connectivity index (χ0) is 17.2. The number of sulfonamides is 1. The molecule has 1 aromatic carbocycles. The molecule has 0 spiro atoms. The monoisotopic (exact) mass is 376 g/mol. The Bertz CT molecular complexity index is 691. The van der Waals surface area contributed by atoms with Gasteiger partial charge < -0.3 is 10.5 Å². The average Bonchev–Trinajstić information content (AvgIpc) is 2.54. The van der Waals surface area contributed by atoms with Crippen molar-refractivity contribution in [2.45, 2.75) is 37.6 Å². The second kappa shape index (κ2) is 8.29. The predicted molar refractivity (Wildman–Crippen MR) is 94.9 cm³/mol. The third-order valence-corrected chi connectivity index (χ3v) is 6.28. The highest BCUT2D eigenvalue weighted by atomic mass is 35.5. The molecule has 2 unspecified atom stereocenters. The Hall–Kier alpha value is -1.15. The minimum Gasteiger partial charge on any atom is -0.465 e. The number of esters is 1. The van der Waals surface area contributed by atoms with Crippen LogP contribution in [0.1, 0.15) is 35.7 Å². The van der Waals surface area contributed by atoms with Crippen molar-refractivity contribution in [2.24, 2.45) is 11.7 Å². The number of hydrogen-bond acceptors (Lipinski definition) is 5. The van der Waals surface area contributed by atoms with E-state index < -0.39 is 16.0 Å². The number of carbonyl (C=O) groups excluding carboxylic acids is 1. The number of carbonyl (C=O) groups is 1. The van der Waals surface area contributed by atoms with Crippen LogP contribution in [0.4, 0.5) is 0 Å². The summed E-state index contributed by atoms with van der Waals surface area (Å²) >= 11 is 0. The maximum absolute atomic E-state index is 12.9. The topological polar surface area (TPSA) is 89.7 Å². The van der Waals surface area contributed by atoms with E-state index >= 15 is 0 Å². The van der Waals surface area contributed by atoms with E-state index in [4.69, 9.17) is 10.5 Å². The molecule has 0 aromatic heterocycles. The standard InChI is InChI=1S/C16H24N2O4S.ClH/c1-11-6-7-14(9-15(11)16(19)22-3)23(20,21)18-8-4-5-13(10-18)12(2)17;/h6-7,9,12-13H,4-5,8,10,17H2,1-3H3;1H. The maximum atomic E-state index is 12.9. The number of benzene rings is 1. The van der Waals surface area contributed by atoms with Crippen molar-refractivity contribution in [2.75, 3.05) is 20.2 Å². The lowest BCUT2D eigenvalue weighted by Crippen LogP contribution is -2.44. The van der Waals surface area contributed by atoms with Gasteiger partial charge in [0.2, 0.25) is 10.0 Å². The van der Waals surface area contributed by atoms with Crippen LogP contribution >= 0.6 is 12.4 Å². The Morgan fingerprint density at radius 2 is 2.08 bits per heavy atom. The summed E-state index contributed by atoms with van der Waals surface area (Å²) in [5.41, 5.74) is 6.89. The third-order valence-electron chi connectivity index (χ3n) is 4.42. The van der Waals surface area contributed by atoms with Crippen molar-refractivity contribution in [3.05, 3.63) is 29.3 Å². The zero-order valence-corrected chi connectivity index (χ0v) is 15.8. The van der Waals surface area contributed by atoms with Gasteiger partial charge in [-0.15, -0.1) is 12.4 Å². The van der Waals surface area contributed by atoms with Gasteiger partial charge in [0, 0.05) is 19.1 Å². The summed E-state index contributed by atoms with van der Waals surface area (Å²) in [5.74, 6) is -0.379. The van der Waals surface area contributed by atoms with Crippen molar-refractivity contribution in [3.63, 3.8) is 0 Å². The fraction of sp³-hybridized carbons (Fsp3) is 0.562. The van der Waals surface area contributed by atoms with E-state index in [1.807, 2.05) is 6.92 Å². The first-order chi connectivity index (χ1) is 10.8. The van der Waals surface area contributed by atoms with Gasteiger partial charge in [-0.1, -0.05) is 6.07 Å². The lowest BCUT2D eigenvalue weighted by Gasteiger charge is -2.33. The SMILES string of the molecule is COC(=O)c1cc(S(=O)(=O)N2CCCC(C(C)N)C2)ccc1C.Cl. The van der Waals surface area contributed by atoms with E-state index in [1.54, 1.807) is 13.0 Å². The highest BCUT2D eigenvalue weighted by Crippen LogP contribution is 2.26. The van der Waals surface area contributed by atoms with Crippen LogP contribution in [0.15, 0.2) is 23.1 Å². The second-order valence-corrected chi connectivity index (χ2v) is 8.03. The summed E-state index contributed by atoms with van der Waals surface area (Å²) in [6.45, 7) is 4.55. The van der Waals surface area contributed by atoms with Crippen LogP contribution in [0.2, 0.25) is 0 Å². The average molecular weight is 377 g/mol. The van der Waals surface area contributed by atoms with Crippen molar-refractivity contribution >= 4 is 28.4 Å². The van der Waals surface area contributed by atoms with Crippen molar-refractivity contribution in [1.29, 1.82) is 0 Å². The van der Waals surface area contributed by atoms with E-state index in [0.29, 0.717) is 18.7 Å². The van der Waals surface area contributed by atoms with Gasteiger partial charge in [0.1, 0.15) is 0 Å². The normalized spacial score (nSPS) is 20.1. The van der Waals surface area contributed by atoms with Gasteiger partial charge in [0.25, 0.3) is 0 Å². The van der Waals surface area contributed by atoms with Crippen LogP contribution in [-0.4, -0.2) is 44.9 Å².